The summed E-state index contributed by atoms with van der Waals surface area (Å²) in [6.45, 7) is 6.42. The Labute approximate surface area is 394 Å². The van der Waals surface area contributed by atoms with Crippen molar-refractivity contribution in [3.8, 4) is 0 Å². The molecule has 0 saturated heterocycles. The van der Waals surface area contributed by atoms with Crippen LogP contribution in [0.25, 0.3) is 0 Å². The second-order valence-corrected chi connectivity index (χ2v) is 17.1. The molecule has 364 valence electrons. The minimum atomic E-state index is -0.793. The van der Waals surface area contributed by atoms with Crippen molar-refractivity contribution < 1.29 is 28.6 Å². The molecule has 0 heterocycles. The number of esters is 3. The van der Waals surface area contributed by atoms with Crippen molar-refractivity contribution in [1.82, 2.24) is 0 Å². The fraction of sp³-hybridized carbons (Fsp3) is 0.672. The van der Waals surface area contributed by atoms with Gasteiger partial charge in [0.15, 0.2) is 6.10 Å². The number of hydrogen-bond donors (Lipinski definition) is 0. The molecule has 1 atom stereocenters. The van der Waals surface area contributed by atoms with E-state index < -0.39 is 6.10 Å². The average Bonchev–Trinajstić information content (AvgIpc) is 3.29. The van der Waals surface area contributed by atoms with Crippen LogP contribution in [0.4, 0.5) is 0 Å². The molecule has 6 nitrogen and oxygen atoms in total. The highest BCUT2D eigenvalue weighted by Crippen LogP contribution is 2.13. The fourth-order valence-corrected chi connectivity index (χ4v) is 6.89. The van der Waals surface area contributed by atoms with Gasteiger partial charge in [0.25, 0.3) is 0 Å². The van der Waals surface area contributed by atoms with Gasteiger partial charge >= 0.3 is 17.9 Å². The number of carbonyl (C=O) groups excluding carboxylic acids is 3. The van der Waals surface area contributed by atoms with E-state index in [1.807, 2.05) is 0 Å². The molecule has 0 spiro atoms. The molecule has 0 aliphatic rings. The van der Waals surface area contributed by atoms with Crippen molar-refractivity contribution in [2.24, 2.45) is 0 Å². The van der Waals surface area contributed by atoms with Gasteiger partial charge in [-0.2, -0.15) is 0 Å². The average molecular weight is 889 g/mol. The van der Waals surface area contributed by atoms with Gasteiger partial charge in [-0.05, 0) is 103 Å². The Balaban J connectivity index is 4.33. The summed E-state index contributed by atoms with van der Waals surface area (Å²) in [5.74, 6) is -0.942. The van der Waals surface area contributed by atoms with E-state index in [-0.39, 0.29) is 31.1 Å². The van der Waals surface area contributed by atoms with Gasteiger partial charge in [-0.15, -0.1) is 0 Å². The van der Waals surface area contributed by atoms with Crippen molar-refractivity contribution in [3.63, 3.8) is 0 Å². The Morgan fingerprint density at radius 3 is 0.969 bits per heavy atom. The lowest BCUT2D eigenvalue weighted by Gasteiger charge is -2.18. The fourth-order valence-electron chi connectivity index (χ4n) is 6.89. The first-order valence-corrected chi connectivity index (χ1v) is 26.2. The van der Waals surface area contributed by atoms with E-state index in [0.29, 0.717) is 19.3 Å². The minimum Gasteiger partial charge on any atom is -0.462 e. The molecule has 0 amide bonds. The maximum absolute atomic E-state index is 12.8. The van der Waals surface area contributed by atoms with E-state index in [9.17, 15) is 14.4 Å². The second kappa shape index (κ2) is 52.0. The number of carbonyl (C=O) groups is 3. The van der Waals surface area contributed by atoms with Gasteiger partial charge in [0, 0.05) is 19.3 Å². The number of ether oxygens (including phenoxy) is 3. The van der Waals surface area contributed by atoms with E-state index in [4.69, 9.17) is 14.2 Å². The van der Waals surface area contributed by atoms with E-state index in [1.54, 1.807) is 0 Å². The van der Waals surface area contributed by atoms with Crippen LogP contribution in [-0.4, -0.2) is 37.2 Å². The summed E-state index contributed by atoms with van der Waals surface area (Å²) in [5.41, 5.74) is 0. The maximum atomic E-state index is 12.8. The zero-order valence-corrected chi connectivity index (χ0v) is 41.5. The van der Waals surface area contributed by atoms with Crippen molar-refractivity contribution in [1.29, 1.82) is 0 Å². The van der Waals surface area contributed by atoms with Gasteiger partial charge in [-0.25, -0.2) is 0 Å². The van der Waals surface area contributed by atoms with Gasteiger partial charge in [0.05, 0.1) is 0 Å². The van der Waals surface area contributed by atoms with Crippen LogP contribution in [0, 0.1) is 0 Å². The Morgan fingerprint density at radius 2 is 0.609 bits per heavy atom. The highest BCUT2D eigenvalue weighted by Gasteiger charge is 2.19. The van der Waals surface area contributed by atoms with Crippen LogP contribution in [-0.2, 0) is 28.6 Å². The summed E-state index contributed by atoms with van der Waals surface area (Å²) in [4.78, 5) is 37.8. The van der Waals surface area contributed by atoms with E-state index >= 15 is 0 Å². The van der Waals surface area contributed by atoms with Gasteiger partial charge in [0.2, 0.25) is 0 Å². The molecular weight excluding hydrogens is 793 g/mol. The first-order chi connectivity index (χ1) is 31.5. The summed E-state index contributed by atoms with van der Waals surface area (Å²) in [6.07, 6.45) is 68.3. The summed E-state index contributed by atoms with van der Waals surface area (Å²) in [7, 11) is 0. The molecule has 64 heavy (non-hydrogen) atoms. The summed E-state index contributed by atoms with van der Waals surface area (Å²) in [5, 5.41) is 0. The molecule has 0 bridgehead atoms. The molecule has 0 radical (unpaired) electrons. The third-order valence-electron chi connectivity index (χ3n) is 10.8. The lowest BCUT2D eigenvalue weighted by molar-refractivity contribution is -0.167. The van der Waals surface area contributed by atoms with Gasteiger partial charge in [-0.1, -0.05) is 208 Å². The standard InChI is InChI=1S/C58H96O6/c1-4-7-10-13-16-18-20-22-24-26-27-28-29-30-31-32-34-35-37-39-42-45-48-51-57(60)63-54-55(53-62-56(59)50-47-44-41-15-12-9-6-3)64-58(61)52-49-46-43-40-38-36-33-25-23-21-19-17-14-11-8-5-2/h7,10,16,18-19,21-22,24-25,27-28,30-31,33-35,55H,4-6,8-9,11-15,17,20,23,26,29,32,36-54H2,1-3H3/b10-7-,18-16-,21-19-,24-22-,28-27-,31-30-,33-25-,35-34-. The van der Waals surface area contributed by atoms with Crippen molar-refractivity contribution in [3.05, 3.63) is 97.2 Å². The summed E-state index contributed by atoms with van der Waals surface area (Å²) >= 11 is 0. The third-order valence-corrected chi connectivity index (χ3v) is 10.8. The molecule has 0 aromatic heterocycles. The molecule has 0 fully saturated rings. The van der Waals surface area contributed by atoms with E-state index in [2.05, 4.69) is 118 Å². The smallest absolute Gasteiger partial charge is 0.306 e. The zero-order valence-electron chi connectivity index (χ0n) is 41.5. The van der Waals surface area contributed by atoms with E-state index in [1.165, 1.54) is 57.8 Å². The first kappa shape index (κ1) is 60.3. The molecule has 0 aliphatic carbocycles. The Morgan fingerprint density at radius 1 is 0.328 bits per heavy atom. The molecule has 0 N–H and O–H groups in total. The Hall–Kier alpha value is -3.67. The molecule has 0 aromatic rings. The first-order valence-electron chi connectivity index (χ1n) is 26.2. The van der Waals surface area contributed by atoms with Crippen molar-refractivity contribution >= 4 is 17.9 Å². The lowest BCUT2D eigenvalue weighted by Crippen LogP contribution is -2.30. The lowest BCUT2D eigenvalue weighted by atomic mass is 10.1. The molecule has 1 unspecified atom stereocenters. The van der Waals surface area contributed by atoms with Gasteiger partial charge in [-0.3, -0.25) is 14.4 Å². The largest absolute Gasteiger partial charge is 0.462 e. The van der Waals surface area contributed by atoms with Crippen molar-refractivity contribution in [2.75, 3.05) is 13.2 Å². The quantitative estimate of drug-likeness (QED) is 0.0262. The van der Waals surface area contributed by atoms with Gasteiger partial charge < -0.3 is 14.2 Å². The topological polar surface area (TPSA) is 78.9 Å². The van der Waals surface area contributed by atoms with E-state index in [0.717, 1.165) is 135 Å². The van der Waals surface area contributed by atoms with Crippen LogP contribution in [0.2, 0.25) is 0 Å². The maximum Gasteiger partial charge on any atom is 0.306 e. The number of allylic oxidation sites excluding steroid dienone is 16. The predicted octanol–water partition coefficient (Wildman–Crippen LogP) is 17.4. The highest BCUT2D eigenvalue weighted by molar-refractivity contribution is 5.71. The zero-order chi connectivity index (χ0) is 46.5. The van der Waals surface area contributed by atoms with Crippen LogP contribution in [0.1, 0.15) is 233 Å². The highest BCUT2D eigenvalue weighted by atomic mass is 16.6. The SMILES string of the molecule is CC/C=C\C/C=C\C/C=C\C/C=C\C/C=C\C/C=C\CCCCCCC(=O)OCC(COC(=O)CCCCCCCCC)OC(=O)CCCCCCC/C=C\C/C=C\CCCCCC. The second-order valence-electron chi connectivity index (χ2n) is 17.1. The van der Waals surface area contributed by atoms with Crippen LogP contribution in [0.15, 0.2) is 97.2 Å². The molecule has 6 heteroatoms. The number of rotatable bonds is 46. The van der Waals surface area contributed by atoms with Crippen LogP contribution < -0.4 is 0 Å². The van der Waals surface area contributed by atoms with Crippen LogP contribution in [0.5, 0.6) is 0 Å². The summed E-state index contributed by atoms with van der Waals surface area (Å²) in [6, 6.07) is 0. The normalized spacial score (nSPS) is 12.9. The van der Waals surface area contributed by atoms with Crippen molar-refractivity contribution in [2.45, 2.75) is 239 Å². The summed E-state index contributed by atoms with van der Waals surface area (Å²) < 4.78 is 16.7. The minimum absolute atomic E-state index is 0.0920. The Bertz CT molecular complexity index is 1300. The Kier molecular flexibility index (Phi) is 49.0. The van der Waals surface area contributed by atoms with Crippen LogP contribution >= 0.6 is 0 Å². The number of hydrogen-bond acceptors (Lipinski definition) is 6. The van der Waals surface area contributed by atoms with Crippen LogP contribution in [0.3, 0.4) is 0 Å². The monoisotopic (exact) mass is 889 g/mol. The number of unbranched alkanes of at least 4 members (excludes halogenated alkanes) is 19. The third kappa shape index (κ3) is 49.3. The molecule has 0 saturated carbocycles. The molecular formula is C58H96O6. The van der Waals surface area contributed by atoms with Gasteiger partial charge in [0.1, 0.15) is 13.2 Å². The molecule has 0 aromatic carbocycles. The molecule has 0 rings (SSSR count). The predicted molar refractivity (Wildman–Crippen MR) is 274 cm³/mol. The molecule has 0 aliphatic heterocycles.